The molecule has 1 aliphatic rings. The molecule has 0 spiro atoms. The number of carboxylic acids is 2. The number of hydrogen-bond acceptors (Lipinski definition) is 9. The first-order chi connectivity index (χ1) is 24.5. The van der Waals surface area contributed by atoms with Crippen LogP contribution in [0, 0.1) is 11.8 Å². The van der Waals surface area contributed by atoms with Crippen molar-refractivity contribution in [3.63, 3.8) is 0 Å². The Bertz CT molecular complexity index is 1360. The Morgan fingerprint density at radius 1 is 0.755 bits per heavy atom. The summed E-state index contributed by atoms with van der Waals surface area (Å²) in [5.74, 6) is -11.5. The van der Waals surface area contributed by atoms with E-state index in [1.807, 2.05) is 0 Å². The van der Waals surface area contributed by atoms with Crippen molar-refractivity contribution in [2.75, 3.05) is 6.54 Å². The molecule has 1 heterocycles. The molecule has 0 aromatic heterocycles. The number of carbonyl (C=O) groups excluding carboxylic acids is 7. The Morgan fingerprint density at radius 3 is 1.83 bits per heavy atom. The molecule has 0 aromatic rings. The molecule has 17 nitrogen and oxygen atoms in total. The van der Waals surface area contributed by atoms with Crippen LogP contribution in [-0.2, 0) is 43.2 Å². The van der Waals surface area contributed by atoms with E-state index in [1.165, 1.54) is 6.92 Å². The smallest absolute Gasteiger partial charge is 0.452 e. The van der Waals surface area contributed by atoms with Crippen LogP contribution < -0.4 is 26.6 Å². The Balaban J connectivity index is 3.29. The number of nitrogens with one attached hydrogen (secondary N) is 5. The van der Waals surface area contributed by atoms with Crippen LogP contribution in [0.4, 0.5) is 13.2 Å². The van der Waals surface area contributed by atoms with Crippen LogP contribution in [0.25, 0.3) is 0 Å². The number of hydrogen-bond donors (Lipinski definition) is 7. The summed E-state index contributed by atoms with van der Waals surface area (Å²) in [4.78, 5) is 114. The molecule has 0 saturated carbocycles. The van der Waals surface area contributed by atoms with Gasteiger partial charge >= 0.3 is 18.1 Å². The molecule has 0 aliphatic carbocycles. The molecule has 1 unspecified atom stereocenters. The van der Waals surface area contributed by atoms with Crippen molar-refractivity contribution < 1.29 is 66.5 Å². The molecule has 7 atom stereocenters. The number of nitrogens with zero attached hydrogens (tertiary/aromatic N) is 1. The molecule has 1 saturated heterocycles. The van der Waals surface area contributed by atoms with Crippen molar-refractivity contribution >= 4 is 53.2 Å². The first kappa shape index (κ1) is 46.2. The SMILES string of the molecule is CCCC(NC(=O)[C@@H]1CCCN1C(=O)[C@@H](NC(=O)[C@@H](NC(=O)[C@@H](CCC(=O)O)NC(=O)[C@H](CC(=O)O)NC(C)=O)[C@@H](C)CC)C(C)C)C(=O)C(F)(F)F. The van der Waals surface area contributed by atoms with Crippen LogP contribution in [0.3, 0.4) is 0 Å². The molecular weight excluding hydrogens is 713 g/mol. The van der Waals surface area contributed by atoms with Gasteiger partial charge in [0, 0.05) is 19.9 Å². The highest BCUT2D eigenvalue weighted by Gasteiger charge is 2.46. The van der Waals surface area contributed by atoms with Gasteiger partial charge in [0.05, 0.1) is 12.5 Å². The third-order valence-electron chi connectivity index (χ3n) is 8.70. The summed E-state index contributed by atoms with van der Waals surface area (Å²) >= 11 is 0. The van der Waals surface area contributed by atoms with Gasteiger partial charge in [-0.25, -0.2) is 0 Å². The third kappa shape index (κ3) is 14.6. The van der Waals surface area contributed by atoms with E-state index in [-0.39, 0.29) is 25.8 Å². The molecule has 1 fully saturated rings. The molecular formula is C33H51F3N6O11. The second kappa shape index (κ2) is 21.1. The highest BCUT2D eigenvalue weighted by Crippen LogP contribution is 2.23. The molecule has 0 aromatic carbocycles. The molecule has 1 aliphatic heterocycles. The van der Waals surface area contributed by atoms with E-state index in [9.17, 15) is 61.4 Å². The molecule has 0 bridgehead atoms. The van der Waals surface area contributed by atoms with Crippen molar-refractivity contribution in [3.05, 3.63) is 0 Å². The van der Waals surface area contributed by atoms with Crippen molar-refractivity contribution in [1.82, 2.24) is 31.5 Å². The van der Waals surface area contributed by atoms with Gasteiger partial charge in [0.1, 0.15) is 30.2 Å². The van der Waals surface area contributed by atoms with E-state index in [4.69, 9.17) is 5.11 Å². The predicted octanol–water partition coefficient (Wildman–Crippen LogP) is 0.394. The fourth-order valence-corrected chi connectivity index (χ4v) is 5.66. The standard InChI is InChI=1S/C33H51F3N6O11/c1-7-10-19(27(48)33(34,35)36)38-30(51)22-11-9-14-42(22)32(53)25(16(3)4)40-31(52)26(17(5)8-2)41-28(49)20(12-13-23(44)45)39-29(50)21(15-24(46)47)37-18(6)43/h16-17,19-22,25-26H,7-15H2,1-6H3,(H,37,43)(H,38,51)(H,39,50)(H,40,52)(H,41,49)(H,44,45)(H,46,47)/t17-,19?,20+,21-,22-,25-,26-/m0/s1. The lowest BCUT2D eigenvalue weighted by Crippen LogP contribution is -2.61. The van der Waals surface area contributed by atoms with Crippen molar-refractivity contribution in [3.8, 4) is 0 Å². The van der Waals surface area contributed by atoms with Gasteiger partial charge in [-0.2, -0.15) is 13.2 Å². The minimum absolute atomic E-state index is 0.0273. The topological polar surface area (TPSA) is 257 Å². The van der Waals surface area contributed by atoms with Crippen LogP contribution in [0.1, 0.15) is 92.9 Å². The number of ketones is 1. The second-order valence-corrected chi connectivity index (χ2v) is 13.3. The molecule has 300 valence electrons. The van der Waals surface area contributed by atoms with E-state index < -0.39 is 127 Å². The number of carbonyl (C=O) groups is 9. The Labute approximate surface area is 304 Å². The minimum Gasteiger partial charge on any atom is -0.481 e. The number of aliphatic carboxylic acids is 2. The molecule has 20 heteroatoms. The van der Waals surface area contributed by atoms with Crippen LogP contribution >= 0.6 is 0 Å². The molecule has 0 radical (unpaired) electrons. The number of alkyl halides is 3. The van der Waals surface area contributed by atoms with Gasteiger partial charge < -0.3 is 41.7 Å². The van der Waals surface area contributed by atoms with Crippen molar-refractivity contribution in [1.29, 1.82) is 0 Å². The Hall–Kier alpha value is -4.78. The van der Waals surface area contributed by atoms with Gasteiger partial charge in [-0.1, -0.05) is 47.5 Å². The fourth-order valence-electron chi connectivity index (χ4n) is 5.66. The van der Waals surface area contributed by atoms with Gasteiger partial charge in [0.2, 0.25) is 35.4 Å². The number of carboxylic acid groups (broad SMARTS) is 2. The number of rotatable bonds is 21. The number of Topliss-reactive ketones (excluding diaryl/α,β-unsaturated/α-hetero) is 1. The predicted molar refractivity (Wildman–Crippen MR) is 179 cm³/mol. The van der Waals surface area contributed by atoms with Gasteiger partial charge in [-0.15, -0.1) is 0 Å². The van der Waals surface area contributed by atoms with Crippen molar-refractivity contribution in [2.24, 2.45) is 11.8 Å². The highest BCUT2D eigenvalue weighted by atomic mass is 19.4. The van der Waals surface area contributed by atoms with E-state index in [2.05, 4.69) is 26.6 Å². The quantitative estimate of drug-likeness (QED) is 0.0842. The zero-order chi connectivity index (χ0) is 40.8. The second-order valence-electron chi connectivity index (χ2n) is 13.3. The van der Waals surface area contributed by atoms with Crippen molar-refractivity contribution in [2.45, 2.75) is 135 Å². The Morgan fingerprint density at radius 2 is 1.34 bits per heavy atom. The molecule has 53 heavy (non-hydrogen) atoms. The van der Waals surface area contributed by atoms with Gasteiger partial charge in [0.15, 0.2) is 0 Å². The monoisotopic (exact) mass is 764 g/mol. The molecule has 1 rings (SSSR count). The van der Waals surface area contributed by atoms with E-state index >= 15 is 0 Å². The average molecular weight is 765 g/mol. The fraction of sp³-hybridized carbons (Fsp3) is 0.727. The maximum atomic E-state index is 13.8. The van der Waals surface area contributed by atoms with E-state index in [1.54, 1.807) is 27.7 Å². The summed E-state index contributed by atoms with van der Waals surface area (Å²) in [6.07, 6.45) is -6.59. The first-order valence-electron chi connectivity index (χ1n) is 17.4. The summed E-state index contributed by atoms with van der Waals surface area (Å²) in [6, 6.07) is -8.95. The largest absolute Gasteiger partial charge is 0.481 e. The third-order valence-corrected chi connectivity index (χ3v) is 8.70. The number of likely N-dealkylation sites (tertiary alicyclic amines) is 1. The van der Waals surface area contributed by atoms with Crippen LogP contribution in [-0.4, -0.2) is 117 Å². The normalized spacial score (nSPS) is 17.7. The number of amides is 6. The zero-order valence-electron chi connectivity index (χ0n) is 30.6. The number of halogens is 3. The van der Waals surface area contributed by atoms with Gasteiger partial charge in [-0.05, 0) is 37.5 Å². The van der Waals surface area contributed by atoms with E-state index in [0.717, 1.165) is 11.8 Å². The summed E-state index contributed by atoms with van der Waals surface area (Å²) in [6.45, 7) is 9.06. The van der Waals surface area contributed by atoms with E-state index in [0.29, 0.717) is 12.8 Å². The van der Waals surface area contributed by atoms with Crippen LogP contribution in [0.2, 0.25) is 0 Å². The summed E-state index contributed by atoms with van der Waals surface area (Å²) in [7, 11) is 0. The Kier molecular flexibility index (Phi) is 18.4. The van der Waals surface area contributed by atoms with Gasteiger partial charge in [-0.3, -0.25) is 43.2 Å². The minimum atomic E-state index is -5.19. The highest BCUT2D eigenvalue weighted by molar-refractivity contribution is 5.98. The summed E-state index contributed by atoms with van der Waals surface area (Å²) < 4.78 is 39.5. The molecule has 6 amide bonds. The first-order valence-corrected chi connectivity index (χ1v) is 17.4. The lowest BCUT2D eigenvalue weighted by molar-refractivity contribution is -0.174. The lowest BCUT2D eigenvalue weighted by atomic mass is 9.95. The lowest BCUT2D eigenvalue weighted by Gasteiger charge is -2.33. The maximum Gasteiger partial charge on any atom is 0.452 e. The van der Waals surface area contributed by atoms with Crippen LogP contribution in [0.15, 0.2) is 0 Å². The summed E-state index contributed by atoms with van der Waals surface area (Å²) in [5, 5.41) is 30.0. The maximum absolute atomic E-state index is 13.8. The zero-order valence-corrected chi connectivity index (χ0v) is 30.6. The van der Waals surface area contributed by atoms with Gasteiger partial charge in [0.25, 0.3) is 5.78 Å². The summed E-state index contributed by atoms with van der Waals surface area (Å²) in [5.41, 5.74) is 0. The average Bonchev–Trinajstić information content (AvgIpc) is 3.55. The molecule has 7 N–H and O–H groups in total. The van der Waals surface area contributed by atoms with Crippen LogP contribution in [0.5, 0.6) is 0 Å².